The molecule has 0 unspecified atom stereocenters. The predicted octanol–water partition coefficient (Wildman–Crippen LogP) is 3.04. The van der Waals surface area contributed by atoms with E-state index in [1.807, 2.05) is 36.1 Å². The number of aromatic nitrogens is 6. The van der Waals surface area contributed by atoms with Crippen LogP contribution in [0.2, 0.25) is 0 Å². The third-order valence-electron chi connectivity index (χ3n) is 5.76. The number of methoxy groups -OCH3 is 1. The fourth-order valence-electron chi connectivity index (χ4n) is 4.36. The second-order valence-electron chi connectivity index (χ2n) is 7.54. The van der Waals surface area contributed by atoms with Gasteiger partial charge in [-0.25, -0.2) is 9.97 Å². The summed E-state index contributed by atoms with van der Waals surface area (Å²) in [4.78, 5) is 9.39. The van der Waals surface area contributed by atoms with E-state index in [0.29, 0.717) is 29.1 Å². The van der Waals surface area contributed by atoms with E-state index in [-0.39, 0.29) is 0 Å². The van der Waals surface area contributed by atoms with E-state index in [9.17, 15) is 0 Å². The minimum absolute atomic E-state index is 0.305. The number of aryl methyl sites for hydroxylation is 1. The highest BCUT2D eigenvalue weighted by atomic mass is 16.5. The van der Waals surface area contributed by atoms with Crippen molar-refractivity contribution in [3.05, 3.63) is 42.0 Å². The van der Waals surface area contributed by atoms with Crippen molar-refractivity contribution in [1.29, 1.82) is 0 Å². The molecule has 0 spiro atoms. The predicted molar refractivity (Wildman–Crippen MR) is 106 cm³/mol. The van der Waals surface area contributed by atoms with E-state index < -0.39 is 0 Å². The minimum Gasteiger partial charge on any atom is -0.494 e. The van der Waals surface area contributed by atoms with E-state index in [1.54, 1.807) is 11.6 Å². The minimum atomic E-state index is 0.305. The van der Waals surface area contributed by atoms with Gasteiger partial charge in [0, 0.05) is 24.5 Å². The van der Waals surface area contributed by atoms with Crippen LogP contribution in [-0.4, -0.2) is 36.5 Å². The molecule has 1 aliphatic carbocycles. The van der Waals surface area contributed by atoms with Crippen molar-refractivity contribution in [2.24, 2.45) is 7.05 Å². The van der Waals surface area contributed by atoms with Crippen LogP contribution < -0.4 is 10.5 Å². The molecule has 0 radical (unpaired) electrons. The highest BCUT2D eigenvalue weighted by molar-refractivity contribution is 5.95. The van der Waals surface area contributed by atoms with Gasteiger partial charge in [0.25, 0.3) is 0 Å². The van der Waals surface area contributed by atoms with Crippen molar-refractivity contribution in [3.63, 3.8) is 0 Å². The van der Waals surface area contributed by atoms with Crippen LogP contribution in [0.15, 0.2) is 30.6 Å². The summed E-state index contributed by atoms with van der Waals surface area (Å²) >= 11 is 0. The fraction of sp³-hybridized carbons (Fsp3) is 0.400. The molecule has 8 nitrogen and oxygen atoms in total. The summed E-state index contributed by atoms with van der Waals surface area (Å²) in [7, 11) is 3.59. The Morgan fingerprint density at radius 3 is 2.82 bits per heavy atom. The van der Waals surface area contributed by atoms with Gasteiger partial charge < -0.3 is 10.5 Å². The Labute approximate surface area is 162 Å². The van der Waals surface area contributed by atoms with Gasteiger partial charge in [0.05, 0.1) is 13.3 Å². The van der Waals surface area contributed by atoms with Gasteiger partial charge in [0.2, 0.25) is 5.95 Å². The zero-order valence-electron chi connectivity index (χ0n) is 16.0. The molecule has 1 saturated carbocycles. The summed E-state index contributed by atoms with van der Waals surface area (Å²) in [5, 5.41) is 9.96. The molecule has 28 heavy (non-hydrogen) atoms. The quantitative estimate of drug-likeness (QED) is 0.589. The molecule has 5 rings (SSSR count). The Morgan fingerprint density at radius 2 is 2.04 bits per heavy atom. The number of benzene rings is 1. The standard InChI is InChI=1S/C20H23N7O/c1-26-11-14(10-22-26)12-5-3-6-13(9-12)18-24-19-15-7-4-8-16(28-2)17(15)23-20(21)27(19)25-18/h4,7-8,10-13H,3,5-6,9H2,1-2H3,(H2,21,23)/t12-,13+/m1/s1. The number of hydrogen-bond donors (Lipinski definition) is 1. The molecule has 144 valence electrons. The van der Waals surface area contributed by atoms with Crippen molar-refractivity contribution < 1.29 is 4.74 Å². The van der Waals surface area contributed by atoms with Crippen LogP contribution in [0.3, 0.4) is 0 Å². The van der Waals surface area contributed by atoms with Gasteiger partial charge in [-0.05, 0) is 42.9 Å². The molecule has 0 amide bonds. The third kappa shape index (κ3) is 2.67. The Kier molecular flexibility index (Phi) is 3.92. The topological polar surface area (TPSA) is 96.1 Å². The number of ether oxygens (including phenoxy) is 1. The second kappa shape index (κ2) is 6.47. The molecule has 2 atom stereocenters. The monoisotopic (exact) mass is 377 g/mol. The highest BCUT2D eigenvalue weighted by Crippen LogP contribution is 2.40. The van der Waals surface area contributed by atoms with Crippen molar-refractivity contribution >= 4 is 22.5 Å². The van der Waals surface area contributed by atoms with Crippen LogP contribution in [0, 0.1) is 0 Å². The maximum absolute atomic E-state index is 6.19. The lowest BCUT2D eigenvalue weighted by Crippen LogP contribution is -2.14. The van der Waals surface area contributed by atoms with Crippen LogP contribution in [-0.2, 0) is 7.05 Å². The van der Waals surface area contributed by atoms with Gasteiger partial charge in [-0.15, -0.1) is 5.10 Å². The van der Waals surface area contributed by atoms with Crippen LogP contribution in [0.4, 0.5) is 5.95 Å². The largest absolute Gasteiger partial charge is 0.494 e. The summed E-state index contributed by atoms with van der Waals surface area (Å²) in [5.41, 5.74) is 8.94. The molecule has 0 saturated heterocycles. The summed E-state index contributed by atoms with van der Waals surface area (Å²) in [6, 6.07) is 5.80. The summed E-state index contributed by atoms with van der Waals surface area (Å²) in [6.07, 6.45) is 8.54. The van der Waals surface area contributed by atoms with E-state index in [4.69, 9.17) is 20.6 Å². The van der Waals surface area contributed by atoms with Gasteiger partial charge in [-0.3, -0.25) is 4.68 Å². The number of fused-ring (bicyclic) bond motifs is 3. The summed E-state index contributed by atoms with van der Waals surface area (Å²) in [6.45, 7) is 0. The van der Waals surface area contributed by atoms with Gasteiger partial charge in [-0.2, -0.15) is 9.61 Å². The highest BCUT2D eigenvalue weighted by Gasteiger charge is 2.28. The average Bonchev–Trinajstić information content (AvgIpc) is 3.35. The first-order valence-corrected chi connectivity index (χ1v) is 9.61. The zero-order valence-corrected chi connectivity index (χ0v) is 16.0. The molecule has 4 aromatic rings. The number of nitrogens with two attached hydrogens (primary N) is 1. The van der Waals surface area contributed by atoms with E-state index in [1.165, 1.54) is 12.0 Å². The molecular formula is C20H23N7O. The smallest absolute Gasteiger partial charge is 0.223 e. The summed E-state index contributed by atoms with van der Waals surface area (Å²) < 4.78 is 8.96. The SMILES string of the molecule is COc1cccc2c1nc(N)n1nc([C@H]3CCC[C@@H](c4cnn(C)c4)C3)nc21. The van der Waals surface area contributed by atoms with E-state index in [2.05, 4.69) is 16.3 Å². The number of anilines is 1. The van der Waals surface area contributed by atoms with Crippen molar-refractivity contribution in [2.75, 3.05) is 12.8 Å². The van der Waals surface area contributed by atoms with Gasteiger partial charge in [0.1, 0.15) is 11.3 Å². The third-order valence-corrected chi connectivity index (χ3v) is 5.76. The molecule has 2 N–H and O–H groups in total. The maximum atomic E-state index is 6.19. The lowest BCUT2D eigenvalue weighted by molar-refractivity contribution is 0.382. The number of nitrogens with zero attached hydrogens (tertiary/aromatic N) is 6. The molecule has 0 bridgehead atoms. The van der Waals surface area contributed by atoms with Crippen LogP contribution >= 0.6 is 0 Å². The van der Waals surface area contributed by atoms with Crippen LogP contribution in [0.1, 0.15) is 48.9 Å². The Morgan fingerprint density at radius 1 is 1.18 bits per heavy atom. The Balaban J connectivity index is 1.56. The fourth-order valence-corrected chi connectivity index (χ4v) is 4.36. The Hall–Kier alpha value is -3.16. The molecule has 3 heterocycles. The first-order chi connectivity index (χ1) is 13.6. The lowest BCUT2D eigenvalue weighted by Gasteiger charge is -2.26. The molecule has 3 aromatic heterocycles. The Bertz CT molecular complexity index is 1160. The lowest BCUT2D eigenvalue weighted by atomic mass is 9.78. The number of para-hydroxylation sites is 1. The van der Waals surface area contributed by atoms with Gasteiger partial charge in [0.15, 0.2) is 11.5 Å². The first kappa shape index (κ1) is 17.0. The molecule has 1 fully saturated rings. The summed E-state index contributed by atoms with van der Waals surface area (Å²) in [5.74, 6) is 2.65. The van der Waals surface area contributed by atoms with Crippen molar-refractivity contribution in [2.45, 2.75) is 37.5 Å². The van der Waals surface area contributed by atoms with Gasteiger partial charge >= 0.3 is 0 Å². The number of rotatable bonds is 3. The number of hydrogen-bond acceptors (Lipinski definition) is 6. The normalized spacial score (nSPS) is 20.1. The zero-order chi connectivity index (χ0) is 19.3. The molecule has 1 aliphatic rings. The van der Waals surface area contributed by atoms with E-state index in [0.717, 1.165) is 36.1 Å². The van der Waals surface area contributed by atoms with Gasteiger partial charge in [-0.1, -0.05) is 12.5 Å². The van der Waals surface area contributed by atoms with E-state index >= 15 is 0 Å². The molecule has 0 aliphatic heterocycles. The average molecular weight is 377 g/mol. The first-order valence-electron chi connectivity index (χ1n) is 9.61. The maximum Gasteiger partial charge on any atom is 0.223 e. The van der Waals surface area contributed by atoms with Crippen molar-refractivity contribution in [3.8, 4) is 5.75 Å². The molecular weight excluding hydrogens is 354 g/mol. The van der Waals surface area contributed by atoms with Crippen LogP contribution in [0.25, 0.3) is 16.6 Å². The molecule has 1 aromatic carbocycles. The number of nitrogen functional groups attached to an aromatic ring is 1. The van der Waals surface area contributed by atoms with Crippen LogP contribution in [0.5, 0.6) is 5.75 Å². The van der Waals surface area contributed by atoms with Crippen molar-refractivity contribution in [1.82, 2.24) is 29.4 Å². The second-order valence-corrected chi connectivity index (χ2v) is 7.54. The molecule has 8 heteroatoms.